The Morgan fingerprint density at radius 1 is 1.16 bits per heavy atom. The Morgan fingerprint density at radius 2 is 1.89 bits per heavy atom. The van der Waals surface area contributed by atoms with Crippen LogP contribution in [-0.2, 0) is 0 Å². The van der Waals surface area contributed by atoms with Crippen LogP contribution in [0.5, 0.6) is 0 Å². The Bertz CT molecular complexity index is 797. The summed E-state index contributed by atoms with van der Waals surface area (Å²) in [7, 11) is 0. The Balaban J connectivity index is 2.08. The molecule has 2 aromatic heterocycles. The van der Waals surface area contributed by atoms with E-state index in [-0.39, 0.29) is 11.1 Å². The van der Waals surface area contributed by atoms with Gasteiger partial charge < -0.3 is 14.4 Å². The summed E-state index contributed by atoms with van der Waals surface area (Å²) in [6, 6.07) is 7.58. The molecule has 98 valence electrons. The monoisotopic (exact) mass is 276 g/mol. The van der Waals surface area contributed by atoms with Gasteiger partial charge >= 0.3 is 5.69 Å². The number of H-pyrrole nitrogens is 2. The summed E-state index contributed by atoms with van der Waals surface area (Å²) in [4.78, 5) is 16.7. The molecule has 2 N–H and O–H groups in total. The largest absolute Gasteiger partial charge is 0.466 e. The fourth-order valence-corrected chi connectivity index (χ4v) is 2.64. The van der Waals surface area contributed by atoms with E-state index in [1.165, 1.54) is 0 Å². The number of nitrogens with one attached hydrogen (secondary N) is 2. The number of benzene rings is 1. The first-order chi connectivity index (χ1) is 9.04. The number of hydrogen-bond donors (Lipinski definition) is 2. The zero-order valence-corrected chi connectivity index (χ0v) is 11.3. The molecule has 0 aliphatic heterocycles. The van der Waals surface area contributed by atoms with Crippen LogP contribution in [0.3, 0.4) is 0 Å². The van der Waals surface area contributed by atoms with Crippen molar-refractivity contribution in [1.29, 1.82) is 0 Å². The number of alkyl halides is 1. The summed E-state index contributed by atoms with van der Waals surface area (Å²) in [5.41, 5.74) is 3.20. The highest BCUT2D eigenvalue weighted by Crippen LogP contribution is 2.33. The lowest BCUT2D eigenvalue weighted by molar-refractivity contribution is 0.501. The maximum absolute atomic E-state index is 11.2. The van der Waals surface area contributed by atoms with Crippen LogP contribution in [0.25, 0.3) is 11.0 Å². The third-order valence-corrected chi connectivity index (χ3v) is 3.67. The molecule has 0 aliphatic rings. The molecule has 0 saturated carbocycles. The molecule has 0 aliphatic carbocycles. The number of fused-ring (bicyclic) bond motifs is 1. The van der Waals surface area contributed by atoms with Gasteiger partial charge in [0.2, 0.25) is 0 Å². The molecular weight excluding hydrogens is 264 g/mol. The lowest BCUT2D eigenvalue weighted by Gasteiger charge is -2.08. The van der Waals surface area contributed by atoms with E-state index >= 15 is 0 Å². The topological polar surface area (TPSA) is 61.8 Å². The van der Waals surface area contributed by atoms with Crippen molar-refractivity contribution in [3.63, 3.8) is 0 Å². The third kappa shape index (κ3) is 2.08. The minimum absolute atomic E-state index is 0.214. The summed E-state index contributed by atoms with van der Waals surface area (Å²) >= 11 is 6.50. The van der Waals surface area contributed by atoms with Gasteiger partial charge in [0.25, 0.3) is 0 Å². The first kappa shape index (κ1) is 12.1. The van der Waals surface area contributed by atoms with Crippen LogP contribution in [-0.4, -0.2) is 9.97 Å². The van der Waals surface area contributed by atoms with Gasteiger partial charge in [0.1, 0.15) is 11.5 Å². The van der Waals surface area contributed by atoms with Gasteiger partial charge in [0, 0.05) is 5.56 Å². The molecule has 0 saturated heterocycles. The van der Waals surface area contributed by atoms with Crippen LogP contribution in [0, 0.1) is 13.8 Å². The minimum atomic E-state index is -0.291. The number of aromatic nitrogens is 2. The van der Waals surface area contributed by atoms with Gasteiger partial charge in [-0.05, 0) is 37.6 Å². The summed E-state index contributed by atoms with van der Waals surface area (Å²) in [5, 5.41) is -0.291. The Labute approximate surface area is 114 Å². The van der Waals surface area contributed by atoms with Crippen LogP contribution in [0.15, 0.2) is 33.5 Å². The number of halogens is 1. The predicted octanol–water partition coefficient (Wildman–Crippen LogP) is 3.39. The van der Waals surface area contributed by atoms with Crippen molar-refractivity contribution in [3.8, 4) is 0 Å². The van der Waals surface area contributed by atoms with Crippen molar-refractivity contribution in [3.05, 3.63) is 57.4 Å². The van der Waals surface area contributed by atoms with Crippen LogP contribution in [0.2, 0.25) is 0 Å². The van der Waals surface area contributed by atoms with Gasteiger partial charge in [-0.2, -0.15) is 0 Å². The quantitative estimate of drug-likeness (QED) is 0.705. The second kappa shape index (κ2) is 4.31. The SMILES string of the molecule is Cc1cc(C(Cl)c2ccc3[nH]c(=O)[nH]c3c2)c(C)o1. The molecule has 0 amide bonds. The Kier molecular flexibility index (Phi) is 2.75. The Morgan fingerprint density at radius 3 is 2.58 bits per heavy atom. The molecule has 1 atom stereocenters. The van der Waals surface area contributed by atoms with E-state index in [4.69, 9.17) is 16.0 Å². The zero-order chi connectivity index (χ0) is 13.6. The number of rotatable bonds is 2. The smallest absolute Gasteiger partial charge is 0.323 e. The summed E-state index contributed by atoms with van der Waals surface area (Å²) < 4.78 is 5.50. The highest BCUT2D eigenvalue weighted by atomic mass is 35.5. The molecule has 2 heterocycles. The molecular formula is C14H13ClN2O2. The maximum Gasteiger partial charge on any atom is 0.323 e. The van der Waals surface area contributed by atoms with Gasteiger partial charge in [-0.1, -0.05) is 6.07 Å². The molecule has 3 rings (SSSR count). The number of hydrogen-bond acceptors (Lipinski definition) is 2. The lowest BCUT2D eigenvalue weighted by Crippen LogP contribution is -1.99. The molecule has 19 heavy (non-hydrogen) atoms. The van der Waals surface area contributed by atoms with E-state index in [0.29, 0.717) is 0 Å². The third-order valence-electron chi connectivity index (χ3n) is 3.19. The summed E-state index contributed by atoms with van der Waals surface area (Å²) in [6.07, 6.45) is 0. The predicted molar refractivity (Wildman–Crippen MR) is 74.8 cm³/mol. The normalized spacial score (nSPS) is 13.0. The molecule has 4 nitrogen and oxygen atoms in total. The first-order valence-corrected chi connectivity index (χ1v) is 6.41. The fraction of sp³-hybridized carbons (Fsp3) is 0.214. The lowest BCUT2D eigenvalue weighted by atomic mass is 10.0. The van der Waals surface area contributed by atoms with Gasteiger partial charge in [0.05, 0.1) is 16.4 Å². The summed E-state index contributed by atoms with van der Waals surface area (Å²) in [5.74, 6) is 1.66. The molecule has 1 unspecified atom stereocenters. The van der Waals surface area contributed by atoms with Crippen LogP contribution >= 0.6 is 11.6 Å². The molecule has 1 aromatic carbocycles. The number of furan rings is 1. The van der Waals surface area contributed by atoms with E-state index < -0.39 is 0 Å². The minimum Gasteiger partial charge on any atom is -0.466 e. The van der Waals surface area contributed by atoms with Crippen LogP contribution < -0.4 is 5.69 Å². The maximum atomic E-state index is 11.2. The van der Waals surface area contributed by atoms with Gasteiger partial charge in [-0.15, -0.1) is 11.6 Å². The highest BCUT2D eigenvalue weighted by molar-refractivity contribution is 6.22. The standard InChI is InChI=1S/C14H13ClN2O2/c1-7-5-10(8(2)19-7)13(15)9-3-4-11-12(6-9)17-14(18)16-11/h3-6,13H,1-2H3,(H2,16,17,18). The number of aryl methyl sites for hydroxylation is 2. The second-order valence-corrected chi connectivity index (χ2v) is 5.05. The van der Waals surface area contributed by atoms with E-state index in [1.54, 1.807) is 0 Å². The van der Waals surface area contributed by atoms with Gasteiger partial charge in [-0.3, -0.25) is 0 Å². The molecule has 3 aromatic rings. The average Bonchev–Trinajstić information content (AvgIpc) is 2.88. The van der Waals surface area contributed by atoms with E-state index in [1.807, 2.05) is 38.1 Å². The van der Waals surface area contributed by atoms with Crippen molar-refractivity contribution in [1.82, 2.24) is 9.97 Å². The van der Waals surface area contributed by atoms with Crippen LogP contribution in [0.1, 0.15) is 28.0 Å². The fourth-order valence-electron chi connectivity index (χ4n) is 2.29. The Hall–Kier alpha value is -1.94. The van der Waals surface area contributed by atoms with E-state index in [2.05, 4.69) is 9.97 Å². The van der Waals surface area contributed by atoms with Crippen molar-refractivity contribution in [2.24, 2.45) is 0 Å². The number of imidazole rings is 1. The van der Waals surface area contributed by atoms with Crippen molar-refractivity contribution >= 4 is 22.6 Å². The van der Waals surface area contributed by atoms with E-state index in [9.17, 15) is 4.79 Å². The van der Waals surface area contributed by atoms with Crippen molar-refractivity contribution in [2.45, 2.75) is 19.2 Å². The molecule has 0 bridgehead atoms. The number of aromatic amines is 2. The van der Waals surface area contributed by atoms with Crippen molar-refractivity contribution in [2.75, 3.05) is 0 Å². The van der Waals surface area contributed by atoms with Crippen LogP contribution in [0.4, 0.5) is 0 Å². The van der Waals surface area contributed by atoms with Gasteiger partial charge in [0.15, 0.2) is 0 Å². The van der Waals surface area contributed by atoms with Crippen molar-refractivity contribution < 1.29 is 4.42 Å². The van der Waals surface area contributed by atoms with E-state index in [0.717, 1.165) is 33.7 Å². The molecule has 0 radical (unpaired) electrons. The second-order valence-electron chi connectivity index (χ2n) is 4.62. The highest BCUT2D eigenvalue weighted by Gasteiger charge is 2.17. The average molecular weight is 277 g/mol. The zero-order valence-electron chi connectivity index (χ0n) is 10.6. The van der Waals surface area contributed by atoms with Gasteiger partial charge in [-0.25, -0.2) is 4.79 Å². The molecule has 0 spiro atoms. The first-order valence-electron chi connectivity index (χ1n) is 5.97. The molecule has 0 fully saturated rings. The molecule has 5 heteroatoms. The summed E-state index contributed by atoms with van der Waals surface area (Å²) in [6.45, 7) is 3.79.